The molecule has 0 heterocycles. The number of halogens is 2. The van der Waals surface area contributed by atoms with Crippen LogP contribution in [0.15, 0.2) is 0 Å². The maximum Gasteiger partial charge on any atom is 0.338 e. The van der Waals surface area contributed by atoms with Crippen LogP contribution >= 0.6 is 0 Å². The van der Waals surface area contributed by atoms with E-state index in [1.54, 1.807) is 0 Å². The third-order valence-electron chi connectivity index (χ3n) is 1.97. The van der Waals surface area contributed by atoms with Crippen LogP contribution in [0.3, 0.4) is 0 Å². The van der Waals surface area contributed by atoms with Gasteiger partial charge in [-0.25, -0.2) is 13.6 Å². The first-order valence-electron chi connectivity index (χ1n) is 4.75. The molecule has 0 aromatic heterocycles. The topological polar surface area (TPSA) is 70.0 Å². The van der Waals surface area contributed by atoms with Gasteiger partial charge in [-0.3, -0.25) is 4.90 Å². The molecule has 0 aromatic rings. The summed E-state index contributed by atoms with van der Waals surface area (Å²) in [5, 5.41) is 18.3. The van der Waals surface area contributed by atoms with Crippen LogP contribution in [0, 0.1) is 0 Å². The lowest BCUT2D eigenvalue weighted by Gasteiger charge is -2.28. The minimum absolute atomic E-state index is 0.0442. The number of ether oxygens (including phenoxy) is 1. The predicted molar refractivity (Wildman–Crippen MR) is 52.2 cm³/mol. The maximum atomic E-state index is 12.1. The summed E-state index contributed by atoms with van der Waals surface area (Å²) in [7, 11) is 1.10. The molecular formula is C9H17F2NO4. The van der Waals surface area contributed by atoms with Crippen molar-refractivity contribution in [2.75, 3.05) is 33.4 Å². The van der Waals surface area contributed by atoms with Gasteiger partial charge in [0.05, 0.1) is 20.3 Å². The predicted octanol–water partition coefficient (Wildman–Crippen LogP) is -0.530. The summed E-state index contributed by atoms with van der Waals surface area (Å²) in [6.45, 7) is -0.131. The number of aliphatic hydroxyl groups is 2. The highest BCUT2D eigenvalue weighted by atomic mass is 19.3. The molecule has 0 fully saturated rings. The van der Waals surface area contributed by atoms with Crippen LogP contribution in [-0.2, 0) is 9.53 Å². The van der Waals surface area contributed by atoms with E-state index in [1.807, 2.05) is 0 Å². The van der Waals surface area contributed by atoms with E-state index < -0.39 is 24.5 Å². The molecule has 0 rings (SSSR count). The number of aliphatic hydroxyl groups excluding tert-OH is 1. The van der Waals surface area contributed by atoms with Crippen molar-refractivity contribution in [2.45, 2.75) is 19.0 Å². The van der Waals surface area contributed by atoms with E-state index in [9.17, 15) is 18.7 Å². The Morgan fingerprint density at radius 1 is 1.56 bits per heavy atom. The van der Waals surface area contributed by atoms with E-state index in [0.717, 1.165) is 12.0 Å². The van der Waals surface area contributed by atoms with Crippen LogP contribution in [0.1, 0.15) is 6.92 Å². The molecule has 1 unspecified atom stereocenters. The number of methoxy groups -OCH3 is 1. The first-order chi connectivity index (χ1) is 7.33. The highest BCUT2D eigenvalue weighted by molar-refractivity contribution is 5.78. The second kappa shape index (κ2) is 6.72. The zero-order chi connectivity index (χ0) is 12.8. The van der Waals surface area contributed by atoms with Crippen LogP contribution < -0.4 is 0 Å². The van der Waals surface area contributed by atoms with Crippen LogP contribution in [0.2, 0.25) is 0 Å². The van der Waals surface area contributed by atoms with Gasteiger partial charge >= 0.3 is 5.97 Å². The van der Waals surface area contributed by atoms with Crippen molar-refractivity contribution in [3.05, 3.63) is 0 Å². The number of nitrogens with zero attached hydrogens (tertiary/aromatic N) is 1. The number of alkyl halides is 2. The molecular weight excluding hydrogens is 224 g/mol. The lowest BCUT2D eigenvalue weighted by molar-refractivity contribution is -0.162. The van der Waals surface area contributed by atoms with E-state index in [2.05, 4.69) is 4.74 Å². The number of esters is 1. The molecule has 7 heteroatoms. The Hall–Kier alpha value is -0.790. The Morgan fingerprint density at radius 2 is 2.12 bits per heavy atom. The van der Waals surface area contributed by atoms with E-state index in [0.29, 0.717) is 0 Å². The molecule has 0 amide bonds. The lowest BCUT2D eigenvalue weighted by atomic mass is 10.1. The van der Waals surface area contributed by atoms with Gasteiger partial charge in [0.15, 0.2) is 5.60 Å². The van der Waals surface area contributed by atoms with Gasteiger partial charge in [0.25, 0.3) is 6.43 Å². The minimum atomic E-state index is -2.60. The third-order valence-corrected chi connectivity index (χ3v) is 1.97. The Morgan fingerprint density at radius 3 is 2.50 bits per heavy atom. The zero-order valence-corrected chi connectivity index (χ0v) is 9.32. The molecule has 0 bridgehead atoms. The van der Waals surface area contributed by atoms with Gasteiger partial charge in [0.1, 0.15) is 0 Å². The molecule has 1 atom stereocenters. The van der Waals surface area contributed by atoms with E-state index in [-0.39, 0.29) is 19.7 Å². The first kappa shape index (κ1) is 15.2. The molecule has 2 N–H and O–H groups in total. The molecule has 0 aliphatic rings. The molecule has 0 saturated heterocycles. The van der Waals surface area contributed by atoms with Crippen LogP contribution in [0.25, 0.3) is 0 Å². The van der Waals surface area contributed by atoms with Crippen molar-refractivity contribution in [3.8, 4) is 0 Å². The largest absolute Gasteiger partial charge is 0.467 e. The van der Waals surface area contributed by atoms with E-state index in [4.69, 9.17) is 5.11 Å². The van der Waals surface area contributed by atoms with Crippen molar-refractivity contribution >= 4 is 5.97 Å². The molecule has 16 heavy (non-hydrogen) atoms. The molecule has 0 aromatic carbocycles. The summed E-state index contributed by atoms with van der Waals surface area (Å²) in [5.74, 6) is -0.898. The Bertz CT molecular complexity index is 224. The van der Waals surface area contributed by atoms with Crippen LogP contribution in [0.5, 0.6) is 0 Å². The van der Waals surface area contributed by atoms with Gasteiger partial charge in [0, 0.05) is 13.1 Å². The first-order valence-corrected chi connectivity index (χ1v) is 4.75. The highest BCUT2D eigenvalue weighted by Crippen LogP contribution is 2.10. The van der Waals surface area contributed by atoms with E-state index >= 15 is 0 Å². The standard InChI is InChI=1S/C9H17F2NO4/c1-9(15,8(14)16-2)6-12(3-4-13)5-7(10)11/h7,13,15H,3-6H2,1-2H3. The van der Waals surface area contributed by atoms with Gasteiger partial charge < -0.3 is 14.9 Å². The average Bonchev–Trinajstić information content (AvgIpc) is 2.15. The number of hydrogen-bond acceptors (Lipinski definition) is 5. The SMILES string of the molecule is COC(=O)C(C)(O)CN(CCO)CC(F)F. The van der Waals surface area contributed by atoms with Gasteiger partial charge in [0.2, 0.25) is 0 Å². The second-order valence-corrected chi connectivity index (χ2v) is 3.62. The van der Waals surface area contributed by atoms with E-state index in [1.165, 1.54) is 6.92 Å². The fourth-order valence-electron chi connectivity index (χ4n) is 1.29. The van der Waals surface area contributed by atoms with Crippen molar-refractivity contribution in [3.63, 3.8) is 0 Å². The van der Waals surface area contributed by atoms with Gasteiger partial charge in [-0.2, -0.15) is 0 Å². The van der Waals surface area contributed by atoms with Crippen LogP contribution in [-0.4, -0.2) is 66.5 Å². The molecule has 0 aliphatic heterocycles. The second-order valence-electron chi connectivity index (χ2n) is 3.62. The zero-order valence-electron chi connectivity index (χ0n) is 9.32. The summed E-state index contributed by atoms with van der Waals surface area (Å²) in [5.41, 5.74) is -1.86. The molecule has 0 aliphatic carbocycles. The highest BCUT2D eigenvalue weighted by Gasteiger charge is 2.34. The quantitative estimate of drug-likeness (QED) is 0.586. The Kier molecular flexibility index (Phi) is 6.39. The summed E-state index contributed by atoms with van der Waals surface area (Å²) >= 11 is 0. The monoisotopic (exact) mass is 241 g/mol. The summed E-state index contributed by atoms with van der Waals surface area (Å²) in [4.78, 5) is 12.2. The molecule has 96 valence electrons. The molecule has 5 nitrogen and oxygen atoms in total. The minimum Gasteiger partial charge on any atom is -0.467 e. The van der Waals surface area contributed by atoms with Gasteiger partial charge in [-0.05, 0) is 6.92 Å². The van der Waals surface area contributed by atoms with Crippen molar-refractivity contribution in [2.24, 2.45) is 0 Å². The number of carbonyl (C=O) groups is 1. The summed E-state index contributed by atoms with van der Waals surface area (Å²) in [6, 6.07) is 0. The smallest absolute Gasteiger partial charge is 0.338 e. The van der Waals surface area contributed by atoms with Crippen molar-refractivity contribution < 1.29 is 28.5 Å². The number of carbonyl (C=O) groups excluding carboxylic acids is 1. The van der Waals surface area contributed by atoms with Gasteiger partial charge in [-0.15, -0.1) is 0 Å². The molecule has 0 saturated carbocycles. The average molecular weight is 241 g/mol. The number of rotatable bonds is 7. The fraction of sp³-hybridized carbons (Fsp3) is 0.889. The maximum absolute atomic E-state index is 12.1. The molecule has 0 radical (unpaired) electrons. The fourth-order valence-corrected chi connectivity index (χ4v) is 1.29. The lowest BCUT2D eigenvalue weighted by Crippen LogP contribution is -2.49. The Balaban J connectivity index is 4.41. The van der Waals surface area contributed by atoms with Crippen molar-refractivity contribution in [1.82, 2.24) is 4.90 Å². The summed E-state index contributed by atoms with van der Waals surface area (Å²) in [6.07, 6.45) is -2.60. The Labute approximate surface area is 92.6 Å². The third kappa shape index (κ3) is 5.34. The molecule has 0 spiro atoms. The number of hydrogen-bond donors (Lipinski definition) is 2. The normalized spacial score (nSPS) is 15.2. The summed E-state index contributed by atoms with van der Waals surface area (Å²) < 4.78 is 28.6. The van der Waals surface area contributed by atoms with Gasteiger partial charge in [-0.1, -0.05) is 0 Å². The van der Waals surface area contributed by atoms with Crippen molar-refractivity contribution in [1.29, 1.82) is 0 Å². The van der Waals surface area contributed by atoms with Crippen LogP contribution in [0.4, 0.5) is 8.78 Å².